The van der Waals surface area contributed by atoms with Crippen LogP contribution in [0.4, 0.5) is 0 Å². The van der Waals surface area contributed by atoms with E-state index in [1.165, 1.54) is 18.4 Å². The summed E-state index contributed by atoms with van der Waals surface area (Å²) in [5.74, 6) is 0.955. The Kier molecular flexibility index (Phi) is 4.77. The van der Waals surface area contributed by atoms with E-state index in [9.17, 15) is 4.79 Å². The lowest BCUT2D eigenvalue weighted by molar-refractivity contribution is 0.0541. The minimum Gasteiger partial charge on any atom is -0.493 e. The maximum Gasteiger partial charge on any atom is 0.286 e. The highest BCUT2D eigenvalue weighted by atomic mass is 32.1. The molecule has 0 aliphatic heterocycles. The summed E-state index contributed by atoms with van der Waals surface area (Å²) >= 11 is 1.29. The van der Waals surface area contributed by atoms with Crippen LogP contribution in [-0.2, 0) is 4.84 Å². The summed E-state index contributed by atoms with van der Waals surface area (Å²) in [4.78, 5) is 21.4. The molecule has 0 atom stereocenters. The maximum atomic E-state index is 11.8. The Morgan fingerprint density at radius 1 is 1.19 bits per heavy atom. The van der Waals surface area contributed by atoms with Crippen molar-refractivity contribution in [3.05, 3.63) is 28.8 Å². The van der Waals surface area contributed by atoms with Gasteiger partial charge < -0.3 is 9.47 Å². The van der Waals surface area contributed by atoms with Crippen molar-refractivity contribution in [2.45, 2.75) is 6.92 Å². The fourth-order valence-corrected chi connectivity index (χ4v) is 2.79. The normalized spacial score (nSPS) is 10.3. The number of hydroxylamine groups is 1. The number of hydrogen-bond donors (Lipinski definition) is 1. The Balaban J connectivity index is 2.39. The van der Waals surface area contributed by atoms with Gasteiger partial charge in [-0.15, -0.1) is 11.3 Å². The summed E-state index contributed by atoms with van der Waals surface area (Å²) in [6.45, 7) is 1.78. The van der Waals surface area contributed by atoms with E-state index in [0.717, 1.165) is 10.6 Å². The SMILES string of the molecule is CONC(=O)c1sc(-c2ccc(OC)c(OC)c2)nc1C. The van der Waals surface area contributed by atoms with Crippen LogP contribution in [0, 0.1) is 6.92 Å². The third-order valence-corrected chi connectivity index (χ3v) is 4.03. The highest BCUT2D eigenvalue weighted by molar-refractivity contribution is 7.17. The van der Waals surface area contributed by atoms with Crippen molar-refractivity contribution in [2.75, 3.05) is 21.3 Å². The molecule has 2 aromatic rings. The second-order valence-corrected chi connectivity index (χ2v) is 5.14. The van der Waals surface area contributed by atoms with Crippen molar-refractivity contribution < 1.29 is 19.1 Å². The number of benzene rings is 1. The summed E-state index contributed by atoms with van der Waals surface area (Å²) in [7, 11) is 4.55. The largest absolute Gasteiger partial charge is 0.493 e. The van der Waals surface area contributed by atoms with E-state index in [2.05, 4.69) is 15.3 Å². The molecule has 0 radical (unpaired) electrons. The third kappa shape index (κ3) is 3.14. The van der Waals surface area contributed by atoms with Gasteiger partial charge in [-0.25, -0.2) is 10.5 Å². The number of aromatic nitrogens is 1. The molecule has 112 valence electrons. The zero-order valence-electron chi connectivity index (χ0n) is 12.2. The number of methoxy groups -OCH3 is 2. The molecule has 21 heavy (non-hydrogen) atoms. The highest BCUT2D eigenvalue weighted by Crippen LogP contribution is 2.34. The van der Waals surface area contributed by atoms with E-state index in [1.807, 2.05) is 12.1 Å². The molecule has 1 heterocycles. The van der Waals surface area contributed by atoms with Crippen molar-refractivity contribution in [2.24, 2.45) is 0 Å². The molecule has 0 unspecified atom stereocenters. The van der Waals surface area contributed by atoms with Crippen LogP contribution in [-0.4, -0.2) is 32.2 Å². The van der Waals surface area contributed by atoms with Gasteiger partial charge in [0, 0.05) is 5.56 Å². The van der Waals surface area contributed by atoms with Gasteiger partial charge >= 0.3 is 0 Å². The highest BCUT2D eigenvalue weighted by Gasteiger charge is 2.17. The fraction of sp³-hybridized carbons (Fsp3) is 0.286. The number of thiazole rings is 1. The molecule has 1 amide bonds. The average molecular weight is 308 g/mol. The molecular weight excluding hydrogens is 292 g/mol. The molecule has 2 rings (SSSR count). The standard InChI is InChI=1S/C14H16N2O4S/c1-8-12(13(17)16-20-4)21-14(15-8)9-5-6-10(18-2)11(7-9)19-3/h5-7H,1-4H3,(H,16,17). The molecule has 0 saturated heterocycles. The second-order valence-electron chi connectivity index (χ2n) is 4.14. The Bertz CT molecular complexity index is 654. The van der Waals surface area contributed by atoms with Gasteiger partial charge in [-0.05, 0) is 25.1 Å². The number of ether oxygens (including phenoxy) is 2. The third-order valence-electron chi connectivity index (χ3n) is 2.83. The van der Waals surface area contributed by atoms with Gasteiger partial charge in [-0.2, -0.15) is 0 Å². The first kappa shape index (κ1) is 15.3. The predicted molar refractivity (Wildman–Crippen MR) is 79.9 cm³/mol. The van der Waals surface area contributed by atoms with Gasteiger partial charge in [0.15, 0.2) is 11.5 Å². The monoisotopic (exact) mass is 308 g/mol. The minimum absolute atomic E-state index is 0.306. The van der Waals surface area contributed by atoms with Crippen molar-refractivity contribution in [1.29, 1.82) is 0 Å². The maximum absolute atomic E-state index is 11.8. The van der Waals surface area contributed by atoms with Crippen LogP contribution in [0.5, 0.6) is 11.5 Å². The number of carbonyl (C=O) groups is 1. The van der Waals surface area contributed by atoms with Gasteiger partial charge in [0.25, 0.3) is 5.91 Å². The Hall–Kier alpha value is -2.12. The first-order valence-electron chi connectivity index (χ1n) is 6.13. The van der Waals surface area contributed by atoms with Crippen LogP contribution in [0.25, 0.3) is 10.6 Å². The number of nitrogens with zero attached hydrogens (tertiary/aromatic N) is 1. The van der Waals surface area contributed by atoms with Gasteiger partial charge in [0.2, 0.25) is 0 Å². The molecule has 1 aromatic heterocycles. The topological polar surface area (TPSA) is 69.7 Å². The number of nitrogens with one attached hydrogen (secondary N) is 1. The number of hydrogen-bond acceptors (Lipinski definition) is 6. The molecule has 6 nitrogen and oxygen atoms in total. The van der Waals surface area contributed by atoms with E-state index >= 15 is 0 Å². The molecule has 0 saturated carbocycles. The van der Waals surface area contributed by atoms with E-state index in [1.54, 1.807) is 27.2 Å². The van der Waals surface area contributed by atoms with Crippen LogP contribution in [0.3, 0.4) is 0 Å². The van der Waals surface area contributed by atoms with E-state index in [-0.39, 0.29) is 5.91 Å². The number of carbonyl (C=O) groups excluding carboxylic acids is 1. The summed E-state index contributed by atoms with van der Waals surface area (Å²) < 4.78 is 10.5. The lowest BCUT2D eigenvalue weighted by Crippen LogP contribution is -2.21. The first-order chi connectivity index (χ1) is 10.1. The summed E-state index contributed by atoms with van der Waals surface area (Å²) in [5.41, 5.74) is 3.81. The van der Waals surface area contributed by atoms with Crippen molar-refractivity contribution >= 4 is 17.2 Å². The Labute approximate surface area is 126 Å². The molecule has 1 N–H and O–H groups in total. The molecular formula is C14H16N2O4S. The average Bonchev–Trinajstić information content (AvgIpc) is 2.88. The molecule has 0 spiro atoms. The lowest BCUT2D eigenvalue weighted by atomic mass is 10.2. The quantitative estimate of drug-likeness (QED) is 0.859. The van der Waals surface area contributed by atoms with Crippen LogP contribution in [0.1, 0.15) is 15.4 Å². The molecule has 0 bridgehead atoms. The first-order valence-corrected chi connectivity index (χ1v) is 6.95. The Morgan fingerprint density at radius 2 is 1.90 bits per heavy atom. The minimum atomic E-state index is -0.306. The number of amides is 1. The van der Waals surface area contributed by atoms with Crippen molar-refractivity contribution in [1.82, 2.24) is 10.5 Å². The predicted octanol–water partition coefficient (Wildman–Crippen LogP) is 2.43. The zero-order valence-corrected chi connectivity index (χ0v) is 13.0. The molecule has 1 aromatic carbocycles. The van der Waals surface area contributed by atoms with Crippen LogP contribution in [0.2, 0.25) is 0 Å². The van der Waals surface area contributed by atoms with Gasteiger partial charge in [-0.3, -0.25) is 9.63 Å². The lowest BCUT2D eigenvalue weighted by Gasteiger charge is -2.08. The summed E-state index contributed by atoms with van der Waals surface area (Å²) in [6.07, 6.45) is 0. The van der Waals surface area contributed by atoms with Crippen molar-refractivity contribution in [3.63, 3.8) is 0 Å². The molecule has 0 fully saturated rings. The second kappa shape index (κ2) is 6.55. The Morgan fingerprint density at radius 3 is 2.52 bits per heavy atom. The van der Waals surface area contributed by atoms with Crippen molar-refractivity contribution in [3.8, 4) is 22.1 Å². The summed E-state index contributed by atoms with van der Waals surface area (Å²) in [6, 6.07) is 5.51. The van der Waals surface area contributed by atoms with Gasteiger partial charge in [0.05, 0.1) is 27.0 Å². The number of rotatable bonds is 5. The van der Waals surface area contributed by atoms with E-state index in [0.29, 0.717) is 22.1 Å². The summed E-state index contributed by atoms with van der Waals surface area (Å²) in [5, 5.41) is 0.731. The molecule has 0 aliphatic carbocycles. The fourth-order valence-electron chi connectivity index (χ4n) is 1.84. The molecule has 7 heteroatoms. The number of aryl methyl sites for hydroxylation is 1. The van der Waals surface area contributed by atoms with E-state index in [4.69, 9.17) is 9.47 Å². The van der Waals surface area contributed by atoms with Gasteiger partial charge in [-0.1, -0.05) is 0 Å². The van der Waals surface area contributed by atoms with Crippen LogP contribution >= 0.6 is 11.3 Å². The van der Waals surface area contributed by atoms with E-state index < -0.39 is 0 Å². The smallest absolute Gasteiger partial charge is 0.286 e. The van der Waals surface area contributed by atoms with Crippen LogP contribution in [0.15, 0.2) is 18.2 Å². The van der Waals surface area contributed by atoms with Gasteiger partial charge in [0.1, 0.15) is 9.88 Å². The zero-order chi connectivity index (χ0) is 15.4. The molecule has 0 aliphatic rings. The van der Waals surface area contributed by atoms with Crippen LogP contribution < -0.4 is 15.0 Å².